The molecule has 13 heteroatoms. The lowest BCUT2D eigenvalue weighted by Gasteiger charge is -2.34. The number of aryl methyl sites for hydroxylation is 1. The number of likely N-dealkylation sites (tertiary alicyclic amines) is 1. The summed E-state index contributed by atoms with van der Waals surface area (Å²) in [5, 5.41) is 5.69. The molecule has 5 unspecified atom stereocenters. The molecule has 1 aromatic heterocycles. The number of halogens is 2. The first-order chi connectivity index (χ1) is 22.0. The first-order valence-corrected chi connectivity index (χ1v) is 15.2. The molecule has 1 saturated heterocycles. The van der Waals surface area contributed by atoms with Crippen LogP contribution in [-0.4, -0.2) is 101 Å². The molecule has 1 fully saturated rings. The summed E-state index contributed by atoms with van der Waals surface area (Å²) in [5.74, 6) is -1.39. The highest BCUT2D eigenvalue weighted by Crippen LogP contribution is 2.26. The number of imidazole rings is 1. The molecule has 1 aliphatic rings. The molecule has 46 heavy (non-hydrogen) atoms. The van der Waals surface area contributed by atoms with Gasteiger partial charge in [-0.3, -0.25) is 14.4 Å². The zero-order valence-electron chi connectivity index (χ0n) is 26.8. The van der Waals surface area contributed by atoms with Gasteiger partial charge >= 0.3 is 0 Å². The summed E-state index contributed by atoms with van der Waals surface area (Å²) in [6.07, 6.45) is 2.82. The van der Waals surface area contributed by atoms with Crippen LogP contribution < -0.4 is 15.4 Å². The van der Waals surface area contributed by atoms with Gasteiger partial charge in [-0.05, 0) is 69.3 Å². The maximum Gasteiger partial charge on any atom is 0.274 e. The number of likely N-dealkylation sites (N-methyl/N-ethyl adjacent to an activating group) is 1. The van der Waals surface area contributed by atoms with Crippen LogP contribution in [0.25, 0.3) is 0 Å². The first-order valence-electron chi connectivity index (χ1n) is 15.2. The number of methoxy groups -OCH3 is 1. The standard InChI is InChI=1S/C33H42F2N6O5/c1-21(36-3)31(42)38-30(22(2)45-5)33(44)41-18-28(46-27-12-10-25(35)11-13-27)16-26(41)17-40(32(43)29-19-39(4)20-37-29)15-14-23-6-8-24(34)9-7-23/h6-13,19-22,26,28,30,36H,14-18H2,1-5H3,(H,38,42). The van der Waals surface area contributed by atoms with Crippen LogP contribution >= 0.6 is 0 Å². The van der Waals surface area contributed by atoms with Gasteiger partial charge in [0.1, 0.15) is 35.2 Å². The number of carbonyl (C=O) groups excluding carboxylic acids is 3. The lowest BCUT2D eigenvalue weighted by Crippen LogP contribution is -2.58. The molecular formula is C33H42F2N6O5. The molecule has 0 radical (unpaired) electrons. The summed E-state index contributed by atoms with van der Waals surface area (Å²) in [7, 11) is 4.87. The Bertz CT molecular complexity index is 1470. The first kappa shape index (κ1) is 34.5. The normalized spacial score (nSPS) is 18.1. The minimum atomic E-state index is -1.01. The Labute approximate surface area is 267 Å². The second-order valence-corrected chi connectivity index (χ2v) is 11.6. The van der Waals surface area contributed by atoms with Crippen LogP contribution in [0, 0.1) is 11.6 Å². The van der Waals surface area contributed by atoms with E-state index in [1.807, 2.05) is 0 Å². The summed E-state index contributed by atoms with van der Waals surface area (Å²) in [4.78, 5) is 48.4. The van der Waals surface area contributed by atoms with Gasteiger partial charge in [-0.25, -0.2) is 13.8 Å². The Hall–Kier alpha value is -4.36. The third-order valence-corrected chi connectivity index (χ3v) is 8.23. The van der Waals surface area contributed by atoms with Crippen molar-refractivity contribution in [1.82, 2.24) is 30.0 Å². The van der Waals surface area contributed by atoms with Crippen molar-refractivity contribution in [2.24, 2.45) is 7.05 Å². The van der Waals surface area contributed by atoms with Gasteiger partial charge in [0.25, 0.3) is 5.91 Å². The number of carbonyl (C=O) groups is 3. The van der Waals surface area contributed by atoms with Crippen LogP contribution in [0.15, 0.2) is 61.1 Å². The third-order valence-electron chi connectivity index (χ3n) is 8.23. The van der Waals surface area contributed by atoms with Crippen molar-refractivity contribution in [3.8, 4) is 5.75 Å². The topological polar surface area (TPSA) is 118 Å². The molecule has 2 heterocycles. The third kappa shape index (κ3) is 8.88. The van der Waals surface area contributed by atoms with Gasteiger partial charge in [0.2, 0.25) is 11.8 Å². The van der Waals surface area contributed by atoms with E-state index in [9.17, 15) is 23.2 Å². The van der Waals surface area contributed by atoms with E-state index in [1.165, 1.54) is 49.8 Å². The quantitative estimate of drug-likeness (QED) is 0.278. The Balaban J connectivity index is 1.63. The highest BCUT2D eigenvalue weighted by Gasteiger charge is 2.42. The zero-order valence-corrected chi connectivity index (χ0v) is 26.8. The average Bonchev–Trinajstić information content (AvgIpc) is 3.67. The van der Waals surface area contributed by atoms with Crippen LogP contribution in [0.2, 0.25) is 0 Å². The minimum Gasteiger partial charge on any atom is -0.489 e. The fraction of sp³-hybridized carbons (Fsp3) is 0.455. The van der Waals surface area contributed by atoms with Crippen molar-refractivity contribution in [1.29, 1.82) is 0 Å². The highest BCUT2D eigenvalue weighted by molar-refractivity contribution is 5.92. The number of hydrogen-bond acceptors (Lipinski definition) is 7. The molecule has 0 bridgehead atoms. The summed E-state index contributed by atoms with van der Waals surface area (Å²) in [5.41, 5.74) is 1.09. The van der Waals surface area contributed by atoms with E-state index in [2.05, 4.69) is 15.6 Å². The summed E-state index contributed by atoms with van der Waals surface area (Å²) < 4.78 is 40.5. The summed E-state index contributed by atoms with van der Waals surface area (Å²) in [6, 6.07) is 9.62. The molecule has 0 spiro atoms. The van der Waals surface area contributed by atoms with Crippen molar-refractivity contribution >= 4 is 17.7 Å². The van der Waals surface area contributed by atoms with Gasteiger partial charge < -0.3 is 34.5 Å². The molecule has 3 aromatic rings. The minimum absolute atomic E-state index is 0.139. The smallest absolute Gasteiger partial charge is 0.274 e. The fourth-order valence-electron chi connectivity index (χ4n) is 5.34. The number of nitrogens with one attached hydrogen (secondary N) is 2. The molecule has 2 aromatic carbocycles. The molecule has 5 atom stereocenters. The van der Waals surface area contributed by atoms with Gasteiger partial charge in [-0.1, -0.05) is 12.1 Å². The second-order valence-electron chi connectivity index (χ2n) is 11.6. The monoisotopic (exact) mass is 640 g/mol. The largest absolute Gasteiger partial charge is 0.489 e. The lowest BCUT2D eigenvalue weighted by molar-refractivity contribution is -0.141. The molecule has 4 rings (SSSR count). The molecule has 248 valence electrons. The highest BCUT2D eigenvalue weighted by atomic mass is 19.1. The van der Waals surface area contributed by atoms with Crippen LogP contribution in [0.1, 0.15) is 36.3 Å². The maximum absolute atomic E-state index is 14.2. The van der Waals surface area contributed by atoms with Crippen LogP contribution in [0.5, 0.6) is 5.75 Å². The van der Waals surface area contributed by atoms with E-state index >= 15 is 0 Å². The number of amides is 3. The van der Waals surface area contributed by atoms with Gasteiger partial charge in [0.05, 0.1) is 31.1 Å². The van der Waals surface area contributed by atoms with Crippen molar-refractivity contribution in [3.63, 3.8) is 0 Å². The number of nitrogens with zero attached hydrogens (tertiary/aromatic N) is 4. The van der Waals surface area contributed by atoms with Crippen LogP contribution in [-0.2, 0) is 27.8 Å². The van der Waals surface area contributed by atoms with E-state index in [0.29, 0.717) is 18.6 Å². The molecule has 11 nitrogen and oxygen atoms in total. The Morgan fingerprint density at radius 2 is 1.72 bits per heavy atom. The number of hydrogen-bond donors (Lipinski definition) is 2. The van der Waals surface area contributed by atoms with E-state index in [1.54, 1.807) is 60.6 Å². The van der Waals surface area contributed by atoms with E-state index in [-0.39, 0.29) is 48.9 Å². The Morgan fingerprint density at radius 1 is 1.07 bits per heavy atom. The Kier molecular flexibility index (Phi) is 11.8. The number of benzene rings is 2. The van der Waals surface area contributed by atoms with Crippen LogP contribution in [0.4, 0.5) is 8.78 Å². The van der Waals surface area contributed by atoms with Crippen molar-refractivity contribution in [2.75, 3.05) is 33.8 Å². The molecule has 1 aliphatic heterocycles. The predicted molar refractivity (Wildman–Crippen MR) is 167 cm³/mol. The number of aromatic nitrogens is 2. The van der Waals surface area contributed by atoms with Gasteiger partial charge in [0, 0.05) is 39.9 Å². The second kappa shape index (κ2) is 15.8. The molecule has 3 amide bonds. The maximum atomic E-state index is 14.2. The lowest BCUT2D eigenvalue weighted by atomic mass is 10.1. The van der Waals surface area contributed by atoms with Crippen molar-refractivity contribution in [3.05, 3.63) is 83.9 Å². The molecule has 2 N–H and O–H groups in total. The van der Waals surface area contributed by atoms with Gasteiger partial charge in [-0.15, -0.1) is 0 Å². The predicted octanol–water partition coefficient (Wildman–Crippen LogP) is 2.56. The van der Waals surface area contributed by atoms with E-state index in [4.69, 9.17) is 9.47 Å². The molecular weight excluding hydrogens is 598 g/mol. The van der Waals surface area contributed by atoms with Gasteiger partial charge in [0.15, 0.2) is 0 Å². The average molecular weight is 641 g/mol. The van der Waals surface area contributed by atoms with Crippen molar-refractivity contribution in [2.45, 2.75) is 57.0 Å². The molecule has 0 saturated carbocycles. The molecule has 0 aliphatic carbocycles. The zero-order chi connectivity index (χ0) is 33.4. The van der Waals surface area contributed by atoms with Gasteiger partial charge in [-0.2, -0.15) is 0 Å². The van der Waals surface area contributed by atoms with E-state index < -0.39 is 36.2 Å². The van der Waals surface area contributed by atoms with Crippen molar-refractivity contribution < 1.29 is 32.6 Å². The number of ether oxygens (including phenoxy) is 2. The fourth-order valence-corrected chi connectivity index (χ4v) is 5.34. The van der Waals surface area contributed by atoms with Crippen LogP contribution in [0.3, 0.4) is 0 Å². The summed E-state index contributed by atoms with van der Waals surface area (Å²) in [6.45, 7) is 3.96. The number of rotatable bonds is 14. The Morgan fingerprint density at radius 3 is 2.30 bits per heavy atom. The summed E-state index contributed by atoms with van der Waals surface area (Å²) >= 11 is 0. The van der Waals surface area contributed by atoms with E-state index in [0.717, 1.165) is 5.56 Å². The SMILES string of the molecule is CNC(C)C(=O)NC(C(=O)N1CC(Oc2ccc(F)cc2)CC1CN(CCc1ccc(F)cc1)C(=O)c1cn(C)cn1)C(C)OC.